The normalized spacial score (nSPS) is 25.8. The summed E-state index contributed by atoms with van der Waals surface area (Å²) < 4.78 is 26.6. The maximum absolute atomic E-state index is 13.9. The number of hydrogen-bond donors (Lipinski definition) is 2. The van der Waals surface area contributed by atoms with E-state index < -0.39 is 38.4 Å². The summed E-state index contributed by atoms with van der Waals surface area (Å²) in [5, 5.41) is 13.5. The molecule has 2 N–H and O–H groups in total. The van der Waals surface area contributed by atoms with E-state index in [0.29, 0.717) is 22.0 Å². The van der Waals surface area contributed by atoms with Crippen molar-refractivity contribution < 1.29 is 23.1 Å². The first-order valence-corrected chi connectivity index (χ1v) is 15.0. The van der Waals surface area contributed by atoms with Gasteiger partial charge in [0.2, 0.25) is 5.91 Å². The van der Waals surface area contributed by atoms with E-state index in [1.165, 1.54) is 0 Å². The van der Waals surface area contributed by atoms with Crippen LogP contribution in [0.5, 0.6) is 0 Å². The maximum Gasteiger partial charge on any atom is 0.226 e. The molecule has 0 bridgehead atoms. The van der Waals surface area contributed by atoms with Crippen LogP contribution in [0.1, 0.15) is 63.0 Å². The Morgan fingerprint density at radius 1 is 1.14 bits per heavy atom. The van der Waals surface area contributed by atoms with Crippen molar-refractivity contribution in [2.75, 3.05) is 12.4 Å². The minimum atomic E-state index is -3.61. The minimum Gasteiger partial charge on any atom is -0.389 e. The Balaban J connectivity index is 1.83. The molecule has 0 radical (unpaired) electrons. The number of nitrogens with one attached hydrogen (secondary N) is 1. The van der Waals surface area contributed by atoms with Crippen LogP contribution >= 0.6 is 23.2 Å². The van der Waals surface area contributed by atoms with E-state index in [-0.39, 0.29) is 36.3 Å². The summed E-state index contributed by atoms with van der Waals surface area (Å²) in [5.74, 6) is -1.11. The first-order chi connectivity index (χ1) is 17.5. The summed E-state index contributed by atoms with van der Waals surface area (Å²) in [6.07, 6.45) is 1.99. The monoisotopic (exact) mass is 565 g/mol. The number of sulfone groups is 1. The van der Waals surface area contributed by atoms with Crippen LogP contribution in [0.15, 0.2) is 48.5 Å². The van der Waals surface area contributed by atoms with E-state index in [1.54, 1.807) is 44.2 Å². The van der Waals surface area contributed by atoms with Crippen molar-refractivity contribution in [2.45, 2.75) is 62.7 Å². The molecule has 4 atom stereocenters. The second-order valence-electron chi connectivity index (χ2n) is 10.7. The molecule has 6 nitrogen and oxygen atoms in total. The second kappa shape index (κ2) is 10.7. The standard InChI is InChI=1S/C28H33Cl2NO5S/c1-3-37(35,36)28(19-7-8-19,20-9-11-21(29)12-10-20)16-25-24(18-5-4-6-22(30)13-18)15-27(2,26(34)31-25)14-23(33)17-32/h4-6,9-13,19,24-25,32H,3,7-8,14-17H2,1-2H3,(H,31,34). The van der Waals surface area contributed by atoms with Crippen LogP contribution in [0.25, 0.3) is 0 Å². The van der Waals surface area contributed by atoms with Crippen molar-refractivity contribution in [1.29, 1.82) is 0 Å². The Hall–Kier alpha value is -1.93. The number of piperidine rings is 1. The van der Waals surface area contributed by atoms with Crippen LogP contribution in [-0.2, 0) is 24.2 Å². The molecular formula is C28H33Cl2NO5S. The number of aliphatic hydroxyl groups is 1. The van der Waals surface area contributed by atoms with Crippen LogP contribution in [0, 0.1) is 11.3 Å². The lowest BCUT2D eigenvalue weighted by molar-refractivity contribution is -0.140. The van der Waals surface area contributed by atoms with Gasteiger partial charge in [-0.15, -0.1) is 0 Å². The fourth-order valence-corrected chi connectivity index (χ4v) is 8.55. The predicted octanol–water partition coefficient (Wildman–Crippen LogP) is 5.05. The van der Waals surface area contributed by atoms with Crippen molar-refractivity contribution in [3.63, 3.8) is 0 Å². The van der Waals surface area contributed by atoms with Gasteiger partial charge in [-0.1, -0.05) is 61.3 Å². The summed E-state index contributed by atoms with van der Waals surface area (Å²) in [6, 6.07) is 13.8. The molecule has 2 aromatic rings. The Labute approximate surface area is 228 Å². The van der Waals surface area contributed by atoms with Gasteiger partial charge in [0, 0.05) is 34.2 Å². The molecule has 1 saturated heterocycles. The molecule has 2 aromatic carbocycles. The first-order valence-electron chi connectivity index (χ1n) is 12.6. The largest absolute Gasteiger partial charge is 0.389 e. The van der Waals surface area contributed by atoms with Gasteiger partial charge in [-0.3, -0.25) is 9.59 Å². The number of rotatable bonds is 10. The van der Waals surface area contributed by atoms with Crippen LogP contribution in [0.4, 0.5) is 0 Å². The number of ketones is 1. The third-order valence-electron chi connectivity index (χ3n) is 8.09. The van der Waals surface area contributed by atoms with Gasteiger partial charge < -0.3 is 10.4 Å². The summed E-state index contributed by atoms with van der Waals surface area (Å²) in [5.41, 5.74) is 0.508. The number of halogens is 2. The number of hydrogen-bond acceptors (Lipinski definition) is 5. The topological polar surface area (TPSA) is 101 Å². The van der Waals surface area contributed by atoms with Gasteiger partial charge in [0.25, 0.3) is 0 Å². The van der Waals surface area contributed by atoms with Crippen molar-refractivity contribution in [3.05, 3.63) is 69.7 Å². The van der Waals surface area contributed by atoms with Crippen LogP contribution < -0.4 is 5.32 Å². The number of benzene rings is 2. The van der Waals surface area contributed by atoms with Crippen LogP contribution in [0.2, 0.25) is 10.0 Å². The Kier molecular flexibility index (Phi) is 8.11. The highest BCUT2D eigenvalue weighted by atomic mass is 35.5. The van der Waals surface area contributed by atoms with E-state index in [9.17, 15) is 23.1 Å². The van der Waals surface area contributed by atoms with Crippen LogP contribution in [0.3, 0.4) is 0 Å². The molecule has 37 heavy (non-hydrogen) atoms. The number of carbonyl (C=O) groups excluding carboxylic acids is 2. The molecule has 2 fully saturated rings. The van der Waals surface area contributed by atoms with Gasteiger partial charge in [0.05, 0.1) is 5.41 Å². The Bertz CT molecular complexity index is 1280. The van der Waals surface area contributed by atoms with E-state index >= 15 is 0 Å². The van der Waals surface area contributed by atoms with Crippen molar-refractivity contribution in [3.8, 4) is 0 Å². The second-order valence-corrected chi connectivity index (χ2v) is 14.1. The SMILES string of the molecule is CCS(=O)(=O)C(CC1NC(=O)C(C)(CC(=O)CO)CC1c1cccc(Cl)c1)(c1ccc(Cl)cc1)C1CC1. The zero-order valence-corrected chi connectivity index (χ0v) is 23.4. The zero-order valence-electron chi connectivity index (χ0n) is 21.0. The molecule has 1 saturated carbocycles. The van der Waals surface area contributed by atoms with E-state index in [1.807, 2.05) is 18.2 Å². The third-order valence-corrected chi connectivity index (χ3v) is 11.2. The minimum absolute atomic E-state index is 0.0304. The van der Waals surface area contributed by atoms with E-state index in [0.717, 1.165) is 18.4 Å². The maximum atomic E-state index is 13.9. The van der Waals surface area contributed by atoms with Crippen molar-refractivity contribution in [1.82, 2.24) is 5.32 Å². The third kappa shape index (κ3) is 5.47. The molecule has 0 spiro atoms. The number of amides is 1. The smallest absolute Gasteiger partial charge is 0.226 e. The lowest BCUT2D eigenvalue weighted by atomic mass is 9.67. The van der Waals surface area contributed by atoms with Crippen molar-refractivity contribution in [2.24, 2.45) is 11.3 Å². The van der Waals surface area contributed by atoms with E-state index in [2.05, 4.69) is 5.32 Å². The summed E-state index contributed by atoms with van der Waals surface area (Å²) in [4.78, 5) is 25.6. The number of Topliss-reactive ketones (excluding diaryl/α,β-unsaturated/α-hetero) is 1. The van der Waals surface area contributed by atoms with Gasteiger partial charge in [-0.05, 0) is 67.0 Å². The van der Waals surface area contributed by atoms with Gasteiger partial charge in [-0.2, -0.15) is 0 Å². The molecule has 200 valence electrons. The molecule has 2 aliphatic rings. The molecule has 0 aromatic heterocycles. The van der Waals surface area contributed by atoms with Gasteiger partial charge >= 0.3 is 0 Å². The number of carbonyl (C=O) groups is 2. The molecular weight excluding hydrogens is 533 g/mol. The lowest BCUT2D eigenvalue weighted by Gasteiger charge is -2.46. The lowest BCUT2D eigenvalue weighted by Crippen LogP contribution is -2.57. The Morgan fingerprint density at radius 3 is 2.38 bits per heavy atom. The molecule has 1 amide bonds. The summed E-state index contributed by atoms with van der Waals surface area (Å²) in [6.45, 7) is 2.75. The van der Waals surface area contributed by atoms with E-state index in [4.69, 9.17) is 23.2 Å². The van der Waals surface area contributed by atoms with Gasteiger partial charge in [0.15, 0.2) is 15.6 Å². The van der Waals surface area contributed by atoms with Crippen LogP contribution in [-0.4, -0.2) is 43.6 Å². The molecule has 4 rings (SSSR count). The number of aliphatic hydroxyl groups excluding tert-OH is 1. The highest BCUT2D eigenvalue weighted by molar-refractivity contribution is 7.92. The average Bonchev–Trinajstić information content (AvgIpc) is 3.71. The molecule has 4 unspecified atom stereocenters. The fourth-order valence-electron chi connectivity index (χ4n) is 6.03. The molecule has 1 aliphatic heterocycles. The zero-order chi connectivity index (χ0) is 27.0. The molecule has 9 heteroatoms. The molecule has 1 heterocycles. The highest BCUT2D eigenvalue weighted by Gasteiger charge is 2.58. The van der Waals surface area contributed by atoms with Crippen molar-refractivity contribution >= 4 is 44.7 Å². The summed E-state index contributed by atoms with van der Waals surface area (Å²) in [7, 11) is -3.61. The highest BCUT2D eigenvalue weighted by Crippen LogP contribution is 2.56. The molecule has 1 aliphatic carbocycles. The average molecular weight is 567 g/mol. The Morgan fingerprint density at radius 2 is 1.81 bits per heavy atom. The van der Waals surface area contributed by atoms with Gasteiger partial charge in [-0.25, -0.2) is 8.42 Å². The van der Waals surface area contributed by atoms with Gasteiger partial charge in [0.1, 0.15) is 11.4 Å². The quantitative estimate of drug-likeness (QED) is 0.419. The predicted molar refractivity (Wildman–Crippen MR) is 145 cm³/mol. The summed E-state index contributed by atoms with van der Waals surface area (Å²) >= 11 is 12.5. The first kappa shape index (κ1) is 28.1. The fraction of sp³-hybridized carbons (Fsp3) is 0.500.